The summed E-state index contributed by atoms with van der Waals surface area (Å²) in [6, 6.07) is 9.52. The van der Waals surface area contributed by atoms with Crippen LogP contribution in [0.3, 0.4) is 0 Å². The van der Waals surface area contributed by atoms with Gasteiger partial charge in [0.2, 0.25) is 6.79 Å². The molecule has 4 rings (SSSR count). The molecule has 0 saturated carbocycles. The van der Waals surface area contributed by atoms with Gasteiger partial charge in [-0.25, -0.2) is 4.39 Å². The Bertz CT molecular complexity index is 933. The molecular weight excluding hydrogens is 299 g/mol. The van der Waals surface area contributed by atoms with Crippen molar-refractivity contribution in [1.82, 2.24) is 4.98 Å². The van der Waals surface area contributed by atoms with Gasteiger partial charge in [0.1, 0.15) is 5.82 Å². The highest BCUT2D eigenvalue weighted by Gasteiger charge is 2.18. The second-order valence-electron chi connectivity index (χ2n) is 5.34. The third-order valence-electron chi connectivity index (χ3n) is 3.81. The van der Waals surface area contributed by atoms with Gasteiger partial charge in [-0.05, 0) is 37.3 Å². The van der Waals surface area contributed by atoms with Crippen LogP contribution in [0.4, 0.5) is 10.1 Å². The van der Waals surface area contributed by atoms with E-state index in [1.165, 1.54) is 12.1 Å². The number of nitrogens with one attached hydrogen (secondary N) is 2. The lowest BCUT2D eigenvalue weighted by atomic mass is 10.1. The molecule has 0 aliphatic carbocycles. The molecule has 2 N–H and O–H groups in total. The van der Waals surface area contributed by atoms with Crippen molar-refractivity contribution >= 4 is 22.5 Å². The fourth-order valence-corrected chi connectivity index (χ4v) is 2.76. The van der Waals surface area contributed by atoms with Crippen LogP contribution >= 0.6 is 0 Å². The maximum Gasteiger partial charge on any atom is 0.258 e. The van der Waals surface area contributed by atoms with Crippen LogP contribution in [0.5, 0.6) is 11.5 Å². The summed E-state index contributed by atoms with van der Waals surface area (Å²) >= 11 is 0. The largest absolute Gasteiger partial charge is 0.454 e. The van der Waals surface area contributed by atoms with Gasteiger partial charge in [-0.15, -0.1) is 0 Å². The molecule has 0 unspecified atom stereocenters. The molecule has 1 aliphatic rings. The molecule has 2 aromatic carbocycles. The normalized spacial score (nSPS) is 12.6. The number of anilines is 1. The SMILES string of the molecule is Cc1[nH]c2cc(F)ccc2c1C(=O)Nc1ccc2c(c1)OCO2. The fourth-order valence-electron chi connectivity index (χ4n) is 2.76. The van der Waals surface area contributed by atoms with Crippen molar-refractivity contribution < 1.29 is 18.7 Å². The van der Waals surface area contributed by atoms with Crippen molar-refractivity contribution in [3.05, 3.63) is 53.5 Å². The van der Waals surface area contributed by atoms with E-state index in [1.54, 1.807) is 31.2 Å². The van der Waals surface area contributed by atoms with Crippen molar-refractivity contribution in [2.75, 3.05) is 12.1 Å². The van der Waals surface area contributed by atoms with E-state index in [2.05, 4.69) is 10.3 Å². The third kappa shape index (κ3) is 2.28. The van der Waals surface area contributed by atoms with Crippen LogP contribution in [-0.4, -0.2) is 17.7 Å². The van der Waals surface area contributed by atoms with Gasteiger partial charge in [0.15, 0.2) is 11.5 Å². The van der Waals surface area contributed by atoms with Crippen LogP contribution < -0.4 is 14.8 Å². The van der Waals surface area contributed by atoms with Crippen LogP contribution in [0.1, 0.15) is 16.1 Å². The Morgan fingerprint density at radius 3 is 2.87 bits per heavy atom. The standard InChI is InChI=1S/C17H13FN2O3/c1-9-16(12-4-2-10(18)6-13(12)19-9)17(21)20-11-3-5-14-15(7-11)23-8-22-14/h2-7,19H,8H2,1H3,(H,20,21). The first-order valence-corrected chi connectivity index (χ1v) is 7.10. The lowest BCUT2D eigenvalue weighted by molar-refractivity contribution is 0.102. The average Bonchev–Trinajstić information content (AvgIpc) is 3.09. The summed E-state index contributed by atoms with van der Waals surface area (Å²) < 4.78 is 23.8. The van der Waals surface area contributed by atoms with E-state index < -0.39 is 0 Å². The predicted octanol–water partition coefficient (Wildman–Crippen LogP) is 3.60. The number of H-pyrrole nitrogens is 1. The van der Waals surface area contributed by atoms with Gasteiger partial charge >= 0.3 is 0 Å². The number of carbonyl (C=O) groups excluding carboxylic acids is 1. The molecule has 6 heteroatoms. The van der Waals surface area contributed by atoms with Crippen LogP contribution in [0.2, 0.25) is 0 Å². The van der Waals surface area contributed by atoms with Crippen molar-refractivity contribution in [1.29, 1.82) is 0 Å². The Balaban J connectivity index is 1.68. The Kier molecular flexibility index (Phi) is 2.97. The molecule has 0 fully saturated rings. The van der Waals surface area contributed by atoms with Gasteiger partial charge in [0.25, 0.3) is 5.91 Å². The van der Waals surface area contributed by atoms with E-state index in [-0.39, 0.29) is 18.5 Å². The maximum absolute atomic E-state index is 13.3. The number of aromatic nitrogens is 1. The van der Waals surface area contributed by atoms with E-state index in [0.717, 1.165) is 0 Å². The zero-order chi connectivity index (χ0) is 16.0. The minimum Gasteiger partial charge on any atom is -0.454 e. The molecule has 2 heterocycles. The summed E-state index contributed by atoms with van der Waals surface area (Å²) in [5, 5.41) is 3.52. The van der Waals surface area contributed by atoms with E-state index in [4.69, 9.17) is 9.47 Å². The summed E-state index contributed by atoms with van der Waals surface area (Å²) in [6.07, 6.45) is 0. The van der Waals surface area contributed by atoms with E-state index >= 15 is 0 Å². The molecule has 1 aromatic heterocycles. The zero-order valence-corrected chi connectivity index (χ0v) is 12.3. The van der Waals surface area contributed by atoms with Gasteiger partial charge in [-0.1, -0.05) is 0 Å². The molecule has 5 nitrogen and oxygen atoms in total. The van der Waals surface area contributed by atoms with Gasteiger partial charge in [-0.3, -0.25) is 4.79 Å². The summed E-state index contributed by atoms with van der Waals surface area (Å²) in [7, 11) is 0. The number of hydrogen-bond donors (Lipinski definition) is 2. The molecular formula is C17H13FN2O3. The summed E-state index contributed by atoms with van der Waals surface area (Å²) in [4.78, 5) is 15.6. The number of ether oxygens (including phenoxy) is 2. The van der Waals surface area contributed by atoms with Gasteiger partial charge < -0.3 is 19.8 Å². The molecule has 1 amide bonds. The second kappa shape index (κ2) is 5.01. The van der Waals surface area contributed by atoms with Crippen molar-refractivity contribution in [2.24, 2.45) is 0 Å². The second-order valence-corrected chi connectivity index (χ2v) is 5.34. The minimum absolute atomic E-state index is 0.180. The first-order chi connectivity index (χ1) is 11.1. The quantitative estimate of drug-likeness (QED) is 0.760. The van der Waals surface area contributed by atoms with Crippen LogP contribution in [0, 0.1) is 12.7 Å². The van der Waals surface area contributed by atoms with Crippen LogP contribution in [0.25, 0.3) is 10.9 Å². The van der Waals surface area contributed by atoms with Crippen LogP contribution in [-0.2, 0) is 0 Å². The number of hydrogen-bond acceptors (Lipinski definition) is 3. The van der Waals surface area contributed by atoms with E-state index in [9.17, 15) is 9.18 Å². The Morgan fingerprint density at radius 1 is 1.17 bits per heavy atom. The van der Waals surface area contributed by atoms with Gasteiger partial charge in [0, 0.05) is 28.4 Å². The summed E-state index contributed by atoms with van der Waals surface area (Å²) in [5.41, 5.74) is 2.38. The lowest BCUT2D eigenvalue weighted by Gasteiger charge is -2.06. The number of fused-ring (bicyclic) bond motifs is 2. The maximum atomic E-state index is 13.3. The average molecular weight is 312 g/mol. The van der Waals surface area contributed by atoms with Crippen molar-refractivity contribution in [3.8, 4) is 11.5 Å². The highest BCUT2D eigenvalue weighted by atomic mass is 19.1. The molecule has 116 valence electrons. The van der Waals surface area contributed by atoms with Crippen molar-refractivity contribution in [2.45, 2.75) is 6.92 Å². The minimum atomic E-state index is -0.346. The number of aromatic amines is 1. The topological polar surface area (TPSA) is 63.4 Å². The van der Waals surface area contributed by atoms with E-state index in [0.29, 0.717) is 39.3 Å². The molecule has 0 radical (unpaired) electrons. The number of carbonyl (C=O) groups is 1. The highest BCUT2D eigenvalue weighted by Crippen LogP contribution is 2.34. The summed E-state index contributed by atoms with van der Waals surface area (Å²) in [5.74, 6) is 0.642. The highest BCUT2D eigenvalue weighted by molar-refractivity contribution is 6.14. The number of aryl methyl sites for hydroxylation is 1. The fraction of sp³-hybridized carbons (Fsp3) is 0.118. The third-order valence-corrected chi connectivity index (χ3v) is 3.81. The monoisotopic (exact) mass is 312 g/mol. The Labute approximate surface area is 131 Å². The zero-order valence-electron chi connectivity index (χ0n) is 12.3. The molecule has 3 aromatic rings. The van der Waals surface area contributed by atoms with Gasteiger partial charge in [0.05, 0.1) is 5.56 Å². The lowest BCUT2D eigenvalue weighted by Crippen LogP contribution is -2.12. The molecule has 1 aliphatic heterocycles. The molecule has 0 bridgehead atoms. The molecule has 0 atom stereocenters. The summed E-state index contributed by atoms with van der Waals surface area (Å²) in [6.45, 7) is 1.96. The smallest absolute Gasteiger partial charge is 0.258 e. The number of rotatable bonds is 2. The van der Waals surface area contributed by atoms with Crippen molar-refractivity contribution in [3.63, 3.8) is 0 Å². The Morgan fingerprint density at radius 2 is 2.00 bits per heavy atom. The van der Waals surface area contributed by atoms with Gasteiger partial charge in [-0.2, -0.15) is 0 Å². The first kappa shape index (κ1) is 13.6. The number of amides is 1. The Hall–Kier alpha value is -3.02. The predicted molar refractivity (Wildman–Crippen MR) is 83.5 cm³/mol. The first-order valence-electron chi connectivity index (χ1n) is 7.10. The molecule has 0 saturated heterocycles. The molecule has 23 heavy (non-hydrogen) atoms. The van der Waals surface area contributed by atoms with E-state index in [1.807, 2.05) is 0 Å². The van der Waals surface area contributed by atoms with Crippen LogP contribution in [0.15, 0.2) is 36.4 Å². The number of benzene rings is 2. The molecule has 0 spiro atoms. The number of halogens is 1.